The molecule has 1 aromatic rings. The summed E-state index contributed by atoms with van der Waals surface area (Å²) in [6, 6.07) is 5.93. The molecule has 1 aromatic carbocycles. The van der Waals surface area contributed by atoms with Crippen LogP contribution in [0.1, 0.15) is 33.3 Å². The van der Waals surface area contributed by atoms with Gasteiger partial charge in [0, 0.05) is 43.3 Å². The molecule has 2 rings (SSSR count). The molecule has 0 atom stereocenters. The molecule has 124 valence electrons. The lowest BCUT2D eigenvalue weighted by atomic mass is 9.86. The van der Waals surface area contributed by atoms with Gasteiger partial charge in [0.1, 0.15) is 12.4 Å². The first-order valence-electron chi connectivity index (χ1n) is 8.27. The van der Waals surface area contributed by atoms with Crippen LogP contribution in [0.4, 0.5) is 0 Å². The van der Waals surface area contributed by atoms with E-state index in [0.717, 1.165) is 43.6 Å². The summed E-state index contributed by atoms with van der Waals surface area (Å²) in [5.41, 5.74) is 1.21. The highest BCUT2D eigenvalue weighted by molar-refractivity contribution is 6.30. The van der Waals surface area contributed by atoms with Gasteiger partial charge < -0.3 is 9.64 Å². The van der Waals surface area contributed by atoms with E-state index in [0.29, 0.717) is 0 Å². The Balaban J connectivity index is 1.87. The van der Waals surface area contributed by atoms with Gasteiger partial charge >= 0.3 is 0 Å². The number of hydrogen-bond acceptors (Lipinski definition) is 3. The second kappa shape index (κ2) is 7.67. The maximum absolute atomic E-state index is 6.14. The minimum atomic E-state index is 0.0347. The number of benzene rings is 1. The van der Waals surface area contributed by atoms with Gasteiger partial charge in [0.05, 0.1) is 0 Å². The Morgan fingerprint density at radius 3 is 2.32 bits per heavy atom. The number of halogens is 1. The van der Waals surface area contributed by atoms with E-state index in [9.17, 15) is 0 Å². The first-order chi connectivity index (χ1) is 10.4. The van der Waals surface area contributed by atoms with Crippen LogP contribution >= 0.6 is 11.6 Å². The van der Waals surface area contributed by atoms with Gasteiger partial charge in [-0.05, 0) is 30.2 Å². The van der Waals surface area contributed by atoms with E-state index in [1.54, 1.807) is 0 Å². The number of piperazine rings is 1. The number of hydrogen-bond donors (Lipinski definition) is 0. The van der Waals surface area contributed by atoms with Gasteiger partial charge in [-0.15, -0.1) is 0 Å². The molecular formula is C18H29ClN2O. The van der Waals surface area contributed by atoms with Gasteiger partial charge in [-0.25, -0.2) is 0 Å². The Hall–Kier alpha value is -0.770. The van der Waals surface area contributed by atoms with Crippen LogP contribution < -0.4 is 4.74 Å². The molecular weight excluding hydrogens is 296 g/mol. The van der Waals surface area contributed by atoms with Crippen molar-refractivity contribution in [3.8, 4) is 5.75 Å². The van der Waals surface area contributed by atoms with Crippen molar-refractivity contribution in [3.05, 3.63) is 28.8 Å². The first-order valence-corrected chi connectivity index (χ1v) is 8.65. The molecule has 1 fully saturated rings. The molecule has 1 aliphatic heterocycles. The Bertz CT molecular complexity index is 476. The molecule has 0 spiro atoms. The summed E-state index contributed by atoms with van der Waals surface area (Å²) >= 11 is 6.14. The van der Waals surface area contributed by atoms with Crippen LogP contribution in [0, 0.1) is 0 Å². The predicted molar refractivity (Wildman–Crippen MR) is 94.2 cm³/mol. The zero-order valence-electron chi connectivity index (χ0n) is 14.4. The van der Waals surface area contributed by atoms with E-state index in [1.165, 1.54) is 18.7 Å². The molecule has 1 saturated heterocycles. The molecule has 0 aliphatic carbocycles. The van der Waals surface area contributed by atoms with E-state index >= 15 is 0 Å². The van der Waals surface area contributed by atoms with Gasteiger partial charge in [0.2, 0.25) is 0 Å². The predicted octanol–water partition coefficient (Wildman–Crippen LogP) is 3.65. The van der Waals surface area contributed by atoms with Crippen LogP contribution in [0.15, 0.2) is 18.2 Å². The van der Waals surface area contributed by atoms with Gasteiger partial charge in [-0.2, -0.15) is 0 Å². The third-order valence-electron chi connectivity index (χ3n) is 4.33. The van der Waals surface area contributed by atoms with Crippen molar-refractivity contribution in [2.24, 2.45) is 0 Å². The maximum atomic E-state index is 6.14. The van der Waals surface area contributed by atoms with Crippen molar-refractivity contribution in [1.29, 1.82) is 0 Å². The molecule has 4 heteroatoms. The minimum Gasteiger partial charge on any atom is -0.492 e. The summed E-state index contributed by atoms with van der Waals surface area (Å²) < 4.78 is 6.06. The largest absolute Gasteiger partial charge is 0.492 e. The number of likely N-dealkylation sites (N-methyl/N-ethyl adjacent to an activating group) is 1. The molecule has 0 saturated carbocycles. The lowest BCUT2D eigenvalue weighted by Gasteiger charge is -2.34. The van der Waals surface area contributed by atoms with Crippen LogP contribution in [-0.2, 0) is 5.41 Å². The number of rotatable bonds is 5. The lowest BCUT2D eigenvalue weighted by Crippen LogP contribution is -2.47. The molecule has 0 aromatic heterocycles. The van der Waals surface area contributed by atoms with E-state index in [2.05, 4.69) is 37.5 Å². The molecule has 0 amide bonds. The van der Waals surface area contributed by atoms with Gasteiger partial charge in [-0.1, -0.05) is 39.3 Å². The Morgan fingerprint density at radius 1 is 1.09 bits per heavy atom. The van der Waals surface area contributed by atoms with Crippen molar-refractivity contribution in [2.45, 2.75) is 33.1 Å². The molecule has 1 heterocycles. The highest BCUT2D eigenvalue weighted by Crippen LogP contribution is 2.33. The van der Waals surface area contributed by atoms with Crippen molar-refractivity contribution in [1.82, 2.24) is 9.80 Å². The van der Waals surface area contributed by atoms with Crippen molar-refractivity contribution >= 4 is 11.6 Å². The zero-order valence-corrected chi connectivity index (χ0v) is 15.1. The fourth-order valence-electron chi connectivity index (χ4n) is 2.83. The van der Waals surface area contributed by atoms with Gasteiger partial charge in [-0.3, -0.25) is 4.90 Å². The number of nitrogens with zero attached hydrogens (tertiary/aromatic N) is 2. The Labute approximate surface area is 140 Å². The normalized spacial score (nSPS) is 17.7. The van der Waals surface area contributed by atoms with E-state index in [4.69, 9.17) is 16.3 Å². The summed E-state index contributed by atoms with van der Waals surface area (Å²) in [5, 5.41) is 0.771. The summed E-state index contributed by atoms with van der Waals surface area (Å²) in [7, 11) is 0. The molecule has 1 aliphatic rings. The maximum Gasteiger partial charge on any atom is 0.123 e. The summed E-state index contributed by atoms with van der Waals surface area (Å²) in [6.07, 6.45) is 0. The van der Waals surface area contributed by atoms with Crippen molar-refractivity contribution in [3.63, 3.8) is 0 Å². The molecule has 3 nitrogen and oxygen atoms in total. The van der Waals surface area contributed by atoms with E-state index in [-0.39, 0.29) is 5.41 Å². The minimum absolute atomic E-state index is 0.0347. The average molecular weight is 325 g/mol. The highest BCUT2D eigenvalue weighted by atomic mass is 35.5. The molecule has 22 heavy (non-hydrogen) atoms. The average Bonchev–Trinajstić information content (AvgIpc) is 2.48. The van der Waals surface area contributed by atoms with Gasteiger partial charge in [0.15, 0.2) is 0 Å². The lowest BCUT2D eigenvalue weighted by molar-refractivity contribution is 0.120. The van der Waals surface area contributed by atoms with Crippen LogP contribution in [0.3, 0.4) is 0 Å². The second-order valence-electron chi connectivity index (χ2n) is 7.01. The Kier molecular flexibility index (Phi) is 6.13. The standard InChI is InChI=1S/C18H29ClN2O/c1-5-20-8-10-21(11-9-20)12-13-22-17-7-6-15(19)14-16(17)18(2,3)4/h6-7,14H,5,8-13H2,1-4H3. The highest BCUT2D eigenvalue weighted by Gasteiger charge is 2.20. The SMILES string of the molecule is CCN1CCN(CCOc2ccc(Cl)cc2C(C)(C)C)CC1. The summed E-state index contributed by atoms with van der Waals surface area (Å²) in [4.78, 5) is 4.98. The van der Waals surface area contributed by atoms with E-state index in [1.807, 2.05) is 18.2 Å². The van der Waals surface area contributed by atoms with E-state index < -0.39 is 0 Å². The molecule has 0 N–H and O–H groups in total. The molecule has 0 unspecified atom stereocenters. The third-order valence-corrected chi connectivity index (χ3v) is 4.56. The van der Waals surface area contributed by atoms with Crippen LogP contribution in [0.5, 0.6) is 5.75 Å². The number of ether oxygens (including phenoxy) is 1. The molecule has 0 bridgehead atoms. The fraction of sp³-hybridized carbons (Fsp3) is 0.667. The van der Waals surface area contributed by atoms with Crippen molar-refractivity contribution in [2.75, 3.05) is 45.9 Å². The summed E-state index contributed by atoms with van der Waals surface area (Å²) in [5.74, 6) is 0.962. The fourth-order valence-corrected chi connectivity index (χ4v) is 3.00. The monoisotopic (exact) mass is 324 g/mol. The van der Waals surface area contributed by atoms with Crippen LogP contribution in [0.2, 0.25) is 5.02 Å². The third kappa shape index (κ3) is 4.87. The second-order valence-corrected chi connectivity index (χ2v) is 7.45. The Morgan fingerprint density at radius 2 is 1.73 bits per heavy atom. The summed E-state index contributed by atoms with van der Waals surface area (Å²) in [6.45, 7) is 16.3. The van der Waals surface area contributed by atoms with Crippen molar-refractivity contribution < 1.29 is 4.74 Å². The zero-order chi connectivity index (χ0) is 16.2. The smallest absolute Gasteiger partial charge is 0.123 e. The topological polar surface area (TPSA) is 15.7 Å². The first kappa shape index (κ1) is 17.6. The quantitative estimate of drug-likeness (QED) is 0.822. The van der Waals surface area contributed by atoms with Crippen LogP contribution in [-0.4, -0.2) is 55.7 Å². The van der Waals surface area contributed by atoms with Crippen LogP contribution in [0.25, 0.3) is 0 Å². The molecule has 0 radical (unpaired) electrons. The van der Waals surface area contributed by atoms with Gasteiger partial charge in [0.25, 0.3) is 0 Å².